The molecule has 1 aliphatic carbocycles. The van der Waals surface area contributed by atoms with Gasteiger partial charge in [0.1, 0.15) is 11.9 Å². The number of rotatable bonds is 20. The molecule has 0 bridgehead atoms. The van der Waals surface area contributed by atoms with Gasteiger partial charge in [-0.3, -0.25) is 4.79 Å². The van der Waals surface area contributed by atoms with Crippen molar-refractivity contribution in [3.8, 4) is 0 Å². The normalized spacial score (nSPS) is 20.1. The van der Waals surface area contributed by atoms with Crippen LogP contribution >= 0.6 is 0 Å². The summed E-state index contributed by atoms with van der Waals surface area (Å²) >= 11 is 0. The van der Waals surface area contributed by atoms with E-state index in [0.717, 1.165) is 12.0 Å². The fraction of sp³-hybridized carbons (Fsp3) is 0.767. The maximum Gasteiger partial charge on any atom is 0.404 e. The molecule has 0 saturated heterocycles. The Labute approximate surface area is 316 Å². The molecule has 1 amide bonds. The number of ketones is 1. The third-order valence-electron chi connectivity index (χ3n) is 12.1. The Bertz CT molecular complexity index is 1220. The van der Waals surface area contributed by atoms with Crippen LogP contribution in [-0.2, 0) is 18.4 Å². The van der Waals surface area contributed by atoms with E-state index in [2.05, 4.69) is 121 Å². The molecule has 0 spiro atoms. The number of nitrogens with two attached hydrogens (primary N) is 1. The van der Waals surface area contributed by atoms with Crippen LogP contribution in [0, 0.1) is 29.6 Å². The molecule has 6 nitrogen and oxygen atoms in total. The summed E-state index contributed by atoms with van der Waals surface area (Å²) in [6.45, 7) is 39.6. The predicted molar refractivity (Wildman–Crippen MR) is 223 cm³/mol. The SMILES string of the molecule is C=CC=C[C@H](C)C(OC(N)=O)C(C)C(O[Si](C)(C)C(C)(C)C)C(C)CC(C)=C[C@H](C)[C@@H](O[Si](C)(C)C(C)(C)C)C(C)=CCC(=O)CC1CCCC1. The Morgan fingerprint density at radius 1 is 0.863 bits per heavy atom. The zero-order valence-corrected chi connectivity index (χ0v) is 37.8. The average molecular weight is 746 g/mol. The quantitative estimate of drug-likeness (QED) is 0.0761. The fourth-order valence-corrected chi connectivity index (χ4v) is 9.85. The van der Waals surface area contributed by atoms with Crippen LogP contribution < -0.4 is 5.73 Å². The second kappa shape index (κ2) is 20.1. The zero-order chi connectivity index (χ0) is 39.5. The standard InChI is InChI=1S/C43H79NO5Si2/c1-18-19-22-31(3)39(47-41(44)46)35(7)40(49-51(16,17)43(11,12)13)34(6)28-30(2)27-33(5)38(48-50(14,15)42(8,9)10)32(4)25-26-37(45)29-36-23-20-21-24-36/h18-19,22,25,27,31,33-36,38-40H,1,20-21,23-24,26,28-29H2,2-17H3,(H2,44,46)/t31-,33-,34?,35?,38-,39?,40?/m0/s1. The first-order valence-electron chi connectivity index (χ1n) is 19.7. The number of ether oxygens (including phenoxy) is 1. The third kappa shape index (κ3) is 15.3. The lowest BCUT2D eigenvalue weighted by atomic mass is 9.81. The van der Waals surface area contributed by atoms with Crippen molar-refractivity contribution in [3.63, 3.8) is 0 Å². The summed E-state index contributed by atoms with van der Waals surface area (Å²) in [7, 11) is -4.33. The Kier molecular flexibility index (Phi) is 18.6. The van der Waals surface area contributed by atoms with E-state index < -0.39 is 28.8 Å². The van der Waals surface area contributed by atoms with Crippen LogP contribution in [0.4, 0.5) is 4.79 Å². The molecule has 0 heterocycles. The van der Waals surface area contributed by atoms with Crippen LogP contribution in [0.15, 0.2) is 48.1 Å². The van der Waals surface area contributed by atoms with Gasteiger partial charge in [0, 0.05) is 30.6 Å². The van der Waals surface area contributed by atoms with Crippen molar-refractivity contribution in [2.75, 3.05) is 0 Å². The minimum Gasteiger partial charge on any atom is -0.445 e. The maximum absolute atomic E-state index is 13.0. The van der Waals surface area contributed by atoms with Crippen molar-refractivity contribution in [3.05, 3.63) is 48.1 Å². The van der Waals surface area contributed by atoms with E-state index in [0.29, 0.717) is 24.5 Å². The number of carbonyl (C=O) groups is 2. The van der Waals surface area contributed by atoms with Gasteiger partial charge in [-0.25, -0.2) is 4.79 Å². The van der Waals surface area contributed by atoms with Gasteiger partial charge < -0.3 is 19.3 Å². The number of hydrogen-bond acceptors (Lipinski definition) is 5. The summed E-state index contributed by atoms with van der Waals surface area (Å²) in [5.41, 5.74) is 8.04. The minimum atomic E-state index is -2.21. The highest BCUT2D eigenvalue weighted by Gasteiger charge is 2.44. The summed E-state index contributed by atoms with van der Waals surface area (Å²) in [6, 6.07) is 0. The summed E-state index contributed by atoms with van der Waals surface area (Å²) in [5, 5.41) is 0.0674. The summed E-state index contributed by atoms with van der Waals surface area (Å²) < 4.78 is 20.2. The highest BCUT2D eigenvalue weighted by Crippen LogP contribution is 2.42. The molecule has 0 aliphatic heterocycles. The second-order valence-corrected chi connectivity index (χ2v) is 28.5. The first-order chi connectivity index (χ1) is 23.2. The largest absolute Gasteiger partial charge is 0.445 e. The molecule has 0 aromatic carbocycles. The zero-order valence-electron chi connectivity index (χ0n) is 35.8. The number of amides is 1. The van der Waals surface area contributed by atoms with Gasteiger partial charge in [0.05, 0.1) is 12.2 Å². The molecule has 51 heavy (non-hydrogen) atoms. The summed E-state index contributed by atoms with van der Waals surface area (Å²) in [6.07, 6.45) is 15.5. The number of carbonyl (C=O) groups excluding carboxylic acids is 2. The Morgan fingerprint density at radius 3 is 1.88 bits per heavy atom. The molecule has 7 atom stereocenters. The number of primary amides is 1. The maximum atomic E-state index is 13.0. The van der Waals surface area contributed by atoms with Crippen molar-refractivity contribution in [1.82, 2.24) is 0 Å². The van der Waals surface area contributed by atoms with E-state index in [1.165, 1.54) is 31.3 Å². The van der Waals surface area contributed by atoms with Gasteiger partial charge in [0.2, 0.25) is 0 Å². The lowest BCUT2D eigenvalue weighted by molar-refractivity contribution is -0.119. The van der Waals surface area contributed by atoms with Gasteiger partial charge in [0.15, 0.2) is 16.6 Å². The summed E-state index contributed by atoms with van der Waals surface area (Å²) in [5.74, 6) is 0.964. The van der Waals surface area contributed by atoms with E-state index in [4.69, 9.17) is 19.3 Å². The highest BCUT2D eigenvalue weighted by atomic mass is 28.4. The molecule has 4 unspecified atom stereocenters. The van der Waals surface area contributed by atoms with Crippen LogP contribution in [0.5, 0.6) is 0 Å². The smallest absolute Gasteiger partial charge is 0.404 e. The molecule has 0 aromatic rings. The van der Waals surface area contributed by atoms with E-state index in [1.54, 1.807) is 6.08 Å². The molecule has 294 valence electrons. The first-order valence-corrected chi connectivity index (χ1v) is 25.5. The van der Waals surface area contributed by atoms with Crippen LogP contribution in [0.3, 0.4) is 0 Å². The van der Waals surface area contributed by atoms with E-state index in [-0.39, 0.29) is 46.0 Å². The third-order valence-corrected chi connectivity index (χ3v) is 21.1. The van der Waals surface area contributed by atoms with Gasteiger partial charge in [-0.1, -0.05) is 137 Å². The molecule has 1 fully saturated rings. The van der Waals surface area contributed by atoms with Gasteiger partial charge in [0.25, 0.3) is 0 Å². The predicted octanol–water partition coefficient (Wildman–Crippen LogP) is 12.3. The molecular weight excluding hydrogens is 667 g/mol. The van der Waals surface area contributed by atoms with Crippen LogP contribution in [0.1, 0.15) is 128 Å². The van der Waals surface area contributed by atoms with Gasteiger partial charge in [-0.2, -0.15) is 0 Å². The number of Topliss-reactive ketones (excluding diaryl/α,β-unsaturated/α-hetero) is 1. The van der Waals surface area contributed by atoms with Crippen molar-refractivity contribution in [2.24, 2.45) is 35.3 Å². The molecule has 1 aliphatic rings. The van der Waals surface area contributed by atoms with Gasteiger partial charge in [-0.05, 0) is 73.9 Å². The fourth-order valence-electron chi connectivity index (χ4n) is 6.98. The molecule has 2 N–H and O–H groups in total. The minimum absolute atomic E-state index is 0.00907. The second-order valence-electron chi connectivity index (χ2n) is 19.0. The first kappa shape index (κ1) is 47.3. The van der Waals surface area contributed by atoms with E-state index in [1.807, 2.05) is 19.1 Å². The average Bonchev–Trinajstić information content (AvgIpc) is 3.50. The topological polar surface area (TPSA) is 87.8 Å². The summed E-state index contributed by atoms with van der Waals surface area (Å²) in [4.78, 5) is 25.1. The van der Waals surface area contributed by atoms with Crippen molar-refractivity contribution in [2.45, 2.75) is 183 Å². The molecule has 0 radical (unpaired) electrons. The highest BCUT2D eigenvalue weighted by molar-refractivity contribution is 6.74. The Hall–Kier alpha value is -1.75. The van der Waals surface area contributed by atoms with E-state index >= 15 is 0 Å². The monoisotopic (exact) mass is 746 g/mol. The lowest BCUT2D eigenvalue weighted by Gasteiger charge is -2.45. The van der Waals surface area contributed by atoms with E-state index in [9.17, 15) is 9.59 Å². The molecule has 1 saturated carbocycles. The van der Waals surface area contributed by atoms with Crippen LogP contribution in [0.2, 0.25) is 36.3 Å². The molecule has 0 aromatic heterocycles. The van der Waals surface area contributed by atoms with Crippen molar-refractivity contribution >= 4 is 28.5 Å². The Morgan fingerprint density at radius 2 is 1.39 bits per heavy atom. The Balaban J connectivity index is 3.48. The van der Waals surface area contributed by atoms with Crippen molar-refractivity contribution in [1.29, 1.82) is 0 Å². The molecule has 8 heteroatoms. The lowest BCUT2D eigenvalue weighted by Crippen LogP contribution is -2.50. The molecular formula is C43H79NO5Si2. The van der Waals surface area contributed by atoms with Gasteiger partial charge in [-0.15, -0.1) is 0 Å². The van der Waals surface area contributed by atoms with Gasteiger partial charge >= 0.3 is 6.09 Å². The molecule has 1 rings (SSSR count). The van der Waals surface area contributed by atoms with Crippen molar-refractivity contribution < 1.29 is 23.2 Å². The van der Waals surface area contributed by atoms with Crippen LogP contribution in [0.25, 0.3) is 0 Å². The number of hydrogen-bond donors (Lipinski definition) is 1. The number of allylic oxidation sites excluding steroid dienone is 4. The van der Waals surface area contributed by atoms with Crippen LogP contribution in [-0.4, -0.2) is 46.8 Å².